The zero-order valence-electron chi connectivity index (χ0n) is 11.1. The summed E-state index contributed by atoms with van der Waals surface area (Å²) < 4.78 is 1.93. The van der Waals surface area contributed by atoms with Gasteiger partial charge in [-0.3, -0.25) is 4.79 Å². The van der Waals surface area contributed by atoms with Gasteiger partial charge in [0.05, 0.1) is 17.1 Å². The van der Waals surface area contributed by atoms with Crippen LogP contribution < -0.4 is 5.32 Å². The predicted molar refractivity (Wildman–Crippen MR) is 76.7 cm³/mol. The molecule has 0 spiro atoms. The van der Waals surface area contributed by atoms with E-state index in [1.807, 2.05) is 29.8 Å². The normalized spacial score (nSPS) is 16.3. The zero-order valence-corrected chi connectivity index (χ0v) is 11.9. The number of anilines is 1. The minimum atomic E-state index is -0.0529. The molecule has 1 saturated carbocycles. The van der Waals surface area contributed by atoms with Crippen molar-refractivity contribution < 1.29 is 4.79 Å². The Balaban J connectivity index is 1.76. The summed E-state index contributed by atoms with van der Waals surface area (Å²) in [4.78, 5) is 14.0. The second-order valence-electron chi connectivity index (χ2n) is 5.10. The lowest BCUT2D eigenvalue weighted by Gasteiger charge is -2.15. The molecule has 1 aliphatic rings. The van der Waals surface area contributed by atoms with Crippen LogP contribution >= 0.6 is 11.3 Å². The smallest absolute Gasteiger partial charge is 0.266 e. The second kappa shape index (κ2) is 4.81. The fourth-order valence-corrected chi connectivity index (χ4v) is 3.01. The average Bonchev–Trinajstić information content (AvgIpc) is 2.99. The predicted octanol–water partition coefficient (Wildman–Crippen LogP) is 3.48. The number of hydrogen-bond acceptors (Lipinski definition) is 3. The molecular formula is C14H17N3OS. The highest BCUT2D eigenvalue weighted by Gasteiger charge is 2.30. The number of thiophene rings is 1. The Hall–Kier alpha value is -1.62. The quantitative estimate of drug-likeness (QED) is 0.928. The van der Waals surface area contributed by atoms with Crippen LogP contribution in [0.4, 0.5) is 5.82 Å². The van der Waals surface area contributed by atoms with E-state index >= 15 is 0 Å². The first-order valence-electron chi connectivity index (χ1n) is 6.56. The number of amides is 1. The van der Waals surface area contributed by atoms with E-state index in [1.54, 1.807) is 6.20 Å². The Bertz CT molecular complexity index is 597. The van der Waals surface area contributed by atoms with E-state index in [0.29, 0.717) is 12.0 Å². The SMILES string of the molecule is Cc1ccc(C(=O)Nc2ccnn2C(C)C2CC2)s1. The Kier molecular flexibility index (Phi) is 3.14. The molecule has 0 aliphatic heterocycles. The van der Waals surface area contributed by atoms with Crippen molar-refractivity contribution in [3.63, 3.8) is 0 Å². The molecule has 1 amide bonds. The molecule has 100 valence electrons. The lowest BCUT2D eigenvalue weighted by molar-refractivity contribution is 0.102. The van der Waals surface area contributed by atoms with E-state index in [9.17, 15) is 4.79 Å². The molecule has 0 bridgehead atoms. The molecule has 4 nitrogen and oxygen atoms in total. The Morgan fingerprint density at radius 3 is 2.89 bits per heavy atom. The minimum absolute atomic E-state index is 0.0529. The number of nitrogens with zero attached hydrogens (tertiary/aromatic N) is 2. The van der Waals surface area contributed by atoms with Crippen LogP contribution in [0.3, 0.4) is 0 Å². The van der Waals surface area contributed by atoms with Crippen LogP contribution in [0.2, 0.25) is 0 Å². The van der Waals surface area contributed by atoms with Crippen LogP contribution in [-0.4, -0.2) is 15.7 Å². The lowest BCUT2D eigenvalue weighted by Crippen LogP contribution is -2.17. The third kappa shape index (κ3) is 2.56. The summed E-state index contributed by atoms with van der Waals surface area (Å²) >= 11 is 1.51. The molecule has 2 aromatic heterocycles. The molecule has 5 heteroatoms. The second-order valence-corrected chi connectivity index (χ2v) is 6.39. The van der Waals surface area contributed by atoms with Crippen molar-refractivity contribution in [3.05, 3.63) is 34.2 Å². The molecule has 1 atom stereocenters. The molecule has 2 heterocycles. The highest BCUT2D eigenvalue weighted by molar-refractivity contribution is 7.14. The molecule has 0 aromatic carbocycles. The Labute approximate surface area is 116 Å². The largest absolute Gasteiger partial charge is 0.306 e. The van der Waals surface area contributed by atoms with Gasteiger partial charge >= 0.3 is 0 Å². The molecule has 1 aliphatic carbocycles. The molecular weight excluding hydrogens is 258 g/mol. The van der Waals surface area contributed by atoms with Crippen molar-refractivity contribution >= 4 is 23.1 Å². The fourth-order valence-electron chi connectivity index (χ4n) is 2.25. The van der Waals surface area contributed by atoms with Gasteiger partial charge in [-0.05, 0) is 44.7 Å². The van der Waals surface area contributed by atoms with E-state index in [4.69, 9.17) is 0 Å². The number of nitrogens with one attached hydrogen (secondary N) is 1. The molecule has 19 heavy (non-hydrogen) atoms. The number of hydrogen-bond donors (Lipinski definition) is 1. The number of carbonyl (C=O) groups is 1. The maximum absolute atomic E-state index is 12.1. The highest BCUT2D eigenvalue weighted by atomic mass is 32.1. The van der Waals surface area contributed by atoms with Gasteiger partial charge in [0.2, 0.25) is 0 Å². The van der Waals surface area contributed by atoms with Gasteiger partial charge < -0.3 is 5.32 Å². The third-order valence-electron chi connectivity index (χ3n) is 3.57. The molecule has 1 N–H and O–H groups in total. The maximum atomic E-state index is 12.1. The lowest BCUT2D eigenvalue weighted by atomic mass is 10.2. The monoisotopic (exact) mass is 275 g/mol. The van der Waals surface area contributed by atoms with Gasteiger partial charge in [-0.1, -0.05) is 0 Å². The number of rotatable bonds is 4. The summed E-state index contributed by atoms with van der Waals surface area (Å²) in [6.07, 6.45) is 4.27. The highest BCUT2D eigenvalue weighted by Crippen LogP contribution is 2.40. The number of carbonyl (C=O) groups excluding carboxylic acids is 1. The van der Waals surface area contributed by atoms with Gasteiger partial charge in [-0.15, -0.1) is 11.3 Å². The van der Waals surface area contributed by atoms with Crippen molar-refractivity contribution in [2.75, 3.05) is 5.32 Å². The van der Waals surface area contributed by atoms with Crippen LogP contribution in [0.1, 0.15) is 40.4 Å². The average molecular weight is 275 g/mol. The van der Waals surface area contributed by atoms with Crippen molar-refractivity contribution in [2.45, 2.75) is 32.7 Å². The summed E-state index contributed by atoms with van der Waals surface area (Å²) in [6.45, 7) is 4.16. The van der Waals surface area contributed by atoms with Crippen LogP contribution in [-0.2, 0) is 0 Å². The molecule has 0 radical (unpaired) electrons. The Morgan fingerprint density at radius 1 is 1.47 bits per heavy atom. The van der Waals surface area contributed by atoms with Crippen LogP contribution in [0.5, 0.6) is 0 Å². The van der Waals surface area contributed by atoms with Crippen molar-refractivity contribution in [3.8, 4) is 0 Å². The molecule has 2 aromatic rings. The van der Waals surface area contributed by atoms with E-state index in [2.05, 4.69) is 17.3 Å². The topological polar surface area (TPSA) is 46.9 Å². The van der Waals surface area contributed by atoms with E-state index in [-0.39, 0.29) is 5.91 Å². The summed E-state index contributed by atoms with van der Waals surface area (Å²) in [7, 11) is 0. The molecule has 0 saturated heterocycles. The van der Waals surface area contributed by atoms with Gasteiger partial charge in [-0.2, -0.15) is 5.10 Å². The number of aromatic nitrogens is 2. The molecule has 1 unspecified atom stereocenters. The standard InChI is InChI=1S/C14H17N3OS/c1-9-3-6-12(19-9)14(18)16-13-7-8-15-17(13)10(2)11-4-5-11/h3,6-8,10-11H,4-5H2,1-2H3,(H,16,18). The maximum Gasteiger partial charge on any atom is 0.266 e. The van der Waals surface area contributed by atoms with Crippen molar-refractivity contribution in [1.82, 2.24) is 9.78 Å². The first-order valence-corrected chi connectivity index (χ1v) is 7.38. The molecule has 3 rings (SSSR count). The summed E-state index contributed by atoms with van der Waals surface area (Å²) in [5.41, 5.74) is 0. The first kappa shape index (κ1) is 12.4. The number of aryl methyl sites for hydroxylation is 1. The zero-order chi connectivity index (χ0) is 13.4. The summed E-state index contributed by atoms with van der Waals surface area (Å²) in [6, 6.07) is 6.04. The van der Waals surface area contributed by atoms with Crippen molar-refractivity contribution in [1.29, 1.82) is 0 Å². The molecule has 1 fully saturated rings. The fraction of sp³-hybridized carbons (Fsp3) is 0.429. The van der Waals surface area contributed by atoms with Gasteiger partial charge in [-0.25, -0.2) is 4.68 Å². The van der Waals surface area contributed by atoms with Gasteiger partial charge in [0.1, 0.15) is 5.82 Å². The summed E-state index contributed by atoms with van der Waals surface area (Å²) in [5, 5.41) is 7.29. The van der Waals surface area contributed by atoms with Gasteiger partial charge in [0, 0.05) is 10.9 Å². The van der Waals surface area contributed by atoms with Crippen LogP contribution in [0.15, 0.2) is 24.4 Å². The van der Waals surface area contributed by atoms with Crippen LogP contribution in [0, 0.1) is 12.8 Å². The van der Waals surface area contributed by atoms with E-state index in [0.717, 1.165) is 15.6 Å². The van der Waals surface area contributed by atoms with Crippen LogP contribution in [0.25, 0.3) is 0 Å². The first-order chi connectivity index (χ1) is 9.15. The van der Waals surface area contributed by atoms with Gasteiger partial charge in [0.15, 0.2) is 0 Å². The van der Waals surface area contributed by atoms with E-state index in [1.165, 1.54) is 24.2 Å². The summed E-state index contributed by atoms with van der Waals surface area (Å²) in [5.74, 6) is 1.44. The Morgan fingerprint density at radius 2 is 2.26 bits per heavy atom. The van der Waals surface area contributed by atoms with Gasteiger partial charge in [0.25, 0.3) is 5.91 Å². The van der Waals surface area contributed by atoms with E-state index < -0.39 is 0 Å². The van der Waals surface area contributed by atoms with Crippen molar-refractivity contribution in [2.24, 2.45) is 5.92 Å². The minimum Gasteiger partial charge on any atom is -0.306 e. The third-order valence-corrected chi connectivity index (χ3v) is 4.57.